The van der Waals surface area contributed by atoms with Crippen molar-refractivity contribution >= 4 is 17.5 Å². The average Bonchev–Trinajstić information content (AvgIpc) is 2.69. The third-order valence-electron chi connectivity index (χ3n) is 2.89. The van der Waals surface area contributed by atoms with E-state index in [0.717, 1.165) is 11.3 Å². The summed E-state index contributed by atoms with van der Waals surface area (Å²) < 4.78 is 5.09. The number of pyridine rings is 1. The van der Waals surface area contributed by atoms with Gasteiger partial charge in [-0.25, -0.2) is 0 Å². The molecule has 0 aliphatic heterocycles. The van der Waals surface area contributed by atoms with Gasteiger partial charge in [0.25, 0.3) is 5.91 Å². The van der Waals surface area contributed by atoms with Crippen molar-refractivity contribution in [3.05, 3.63) is 46.1 Å². The molecule has 2 heterocycles. The number of aryl methyl sites for hydroxylation is 2. The molecule has 0 radical (unpaired) electrons. The van der Waals surface area contributed by atoms with Crippen LogP contribution in [0.4, 0.5) is 0 Å². The van der Waals surface area contributed by atoms with E-state index in [1.807, 2.05) is 20.8 Å². The summed E-state index contributed by atoms with van der Waals surface area (Å²) in [5.74, 6) is 0.450. The number of nitrogens with one attached hydrogen (secondary N) is 1. The number of aromatic nitrogens is 2. The van der Waals surface area contributed by atoms with Crippen LogP contribution in [0.3, 0.4) is 0 Å². The van der Waals surface area contributed by atoms with Gasteiger partial charge in [-0.3, -0.25) is 9.78 Å². The molecule has 5 nitrogen and oxygen atoms in total. The second-order valence-electron chi connectivity index (χ2n) is 4.29. The summed E-state index contributed by atoms with van der Waals surface area (Å²) in [6.07, 6.45) is 2.97. The minimum Gasteiger partial charge on any atom is -0.361 e. The Morgan fingerprint density at radius 2 is 2.21 bits per heavy atom. The fourth-order valence-electron chi connectivity index (χ4n) is 2.01. The number of amides is 1. The molecule has 1 amide bonds. The lowest BCUT2D eigenvalue weighted by molar-refractivity contribution is 0.0939. The molecule has 6 heteroatoms. The largest absolute Gasteiger partial charge is 0.361 e. The van der Waals surface area contributed by atoms with Crippen molar-refractivity contribution in [1.82, 2.24) is 15.5 Å². The SMILES string of the molecule is Cc1noc(C)c1C(C)NC(=O)c1ccncc1Cl. The number of halogens is 1. The molecule has 19 heavy (non-hydrogen) atoms. The van der Waals surface area contributed by atoms with E-state index in [2.05, 4.69) is 15.5 Å². The molecule has 0 aliphatic rings. The van der Waals surface area contributed by atoms with E-state index in [0.29, 0.717) is 16.3 Å². The Kier molecular flexibility index (Phi) is 3.85. The third-order valence-corrected chi connectivity index (χ3v) is 3.19. The van der Waals surface area contributed by atoms with Crippen LogP contribution in [0.1, 0.15) is 40.3 Å². The molecule has 0 bridgehead atoms. The first-order chi connectivity index (χ1) is 9.00. The zero-order valence-corrected chi connectivity index (χ0v) is 11.7. The number of nitrogens with zero attached hydrogens (tertiary/aromatic N) is 2. The number of rotatable bonds is 3. The van der Waals surface area contributed by atoms with Crippen LogP contribution >= 0.6 is 11.6 Å². The summed E-state index contributed by atoms with van der Waals surface area (Å²) >= 11 is 5.94. The number of hydrogen-bond acceptors (Lipinski definition) is 4. The van der Waals surface area contributed by atoms with E-state index in [1.165, 1.54) is 12.4 Å². The average molecular weight is 280 g/mol. The predicted octanol–water partition coefficient (Wildman–Crippen LogP) is 2.83. The summed E-state index contributed by atoms with van der Waals surface area (Å²) in [5, 5.41) is 7.07. The van der Waals surface area contributed by atoms with Crippen LogP contribution in [0.15, 0.2) is 23.0 Å². The van der Waals surface area contributed by atoms with Crippen LogP contribution in [0.25, 0.3) is 0 Å². The van der Waals surface area contributed by atoms with E-state index in [4.69, 9.17) is 16.1 Å². The Morgan fingerprint density at radius 3 is 2.79 bits per heavy atom. The highest BCUT2D eigenvalue weighted by atomic mass is 35.5. The molecule has 0 aromatic carbocycles. The lowest BCUT2D eigenvalue weighted by atomic mass is 10.1. The smallest absolute Gasteiger partial charge is 0.253 e. The van der Waals surface area contributed by atoms with E-state index >= 15 is 0 Å². The second kappa shape index (κ2) is 5.40. The topological polar surface area (TPSA) is 68.0 Å². The summed E-state index contributed by atoms with van der Waals surface area (Å²) in [7, 11) is 0. The van der Waals surface area contributed by atoms with Crippen molar-refractivity contribution in [3.8, 4) is 0 Å². The Morgan fingerprint density at radius 1 is 1.47 bits per heavy atom. The van der Waals surface area contributed by atoms with Crippen LogP contribution in [-0.4, -0.2) is 16.0 Å². The highest BCUT2D eigenvalue weighted by Gasteiger charge is 2.19. The van der Waals surface area contributed by atoms with Gasteiger partial charge in [0.2, 0.25) is 0 Å². The monoisotopic (exact) mass is 279 g/mol. The lowest BCUT2D eigenvalue weighted by Gasteiger charge is -2.14. The molecule has 0 saturated heterocycles. The quantitative estimate of drug-likeness (QED) is 0.938. The van der Waals surface area contributed by atoms with Crippen molar-refractivity contribution < 1.29 is 9.32 Å². The zero-order valence-electron chi connectivity index (χ0n) is 10.9. The highest BCUT2D eigenvalue weighted by Crippen LogP contribution is 2.22. The van der Waals surface area contributed by atoms with Crippen molar-refractivity contribution in [2.24, 2.45) is 0 Å². The van der Waals surface area contributed by atoms with Gasteiger partial charge in [-0.15, -0.1) is 0 Å². The molecule has 0 aliphatic carbocycles. The number of hydrogen-bond donors (Lipinski definition) is 1. The lowest BCUT2D eigenvalue weighted by Crippen LogP contribution is -2.27. The van der Waals surface area contributed by atoms with Crippen molar-refractivity contribution in [2.75, 3.05) is 0 Å². The van der Waals surface area contributed by atoms with Gasteiger partial charge < -0.3 is 9.84 Å². The van der Waals surface area contributed by atoms with Crippen LogP contribution in [-0.2, 0) is 0 Å². The molecular weight excluding hydrogens is 266 g/mol. The molecule has 1 atom stereocenters. The van der Waals surface area contributed by atoms with Gasteiger partial charge in [-0.1, -0.05) is 16.8 Å². The molecule has 1 N–H and O–H groups in total. The maximum absolute atomic E-state index is 12.1. The van der Waals surface area contributed by atoms with Gasteiger partial charge in [-0.05, 0) is 26.8 Å². The van der Waals surface area contributed by atoms with Gasteiger partial charge in [0.15, 0.2) is 0 Å². The first-order valence-corrected chi connectivity index (χ1v) is 6.21. The maximum Gasteiger partial charge on any atom is 0.253 e. The Balaban J connectivity index is 2.18. The molecule has 0 spiro atoms. The molecule has 1 unspecified atom stereocenters. The van der Waals surface area contributed by atoms with Gasteiger partial charge in [0.1, 0.15) is 5.76 Å². The second-order valence-corrected chi connectivity index (χ2v) is 4.70. The number of carbonyl (C=O) groups is 1. The molecule has 0 fully saturated rings. The zero-order chi connectivity index (χ0) is 14.0. The van der Waals surface area contributed by atoms with Crippen LogP contribution < -0.4 is 5.32 Å². The van der Waals surface area contributed by atoms with Crippen molar-refractivity contribution in [3.63, 3.8) is 0 Å². The Hall–Kier alpha value is -1.88. The summed E-state index contributed by atoms with van der Waals surface area (Å²) in [6.45, 7) is 5.53. The molecular formula is C13H14ClN3O2. The van der Waals surface area contributed by atoms with Crippen LogP contribution in [0.5, 0.6) is 0 Å². The predicted molar refractivity (Wildman–Crippen MR) is 71.1 cm³/mol. The van der Waals surface area contributed by atoms with Gasteiger partial charge in [0, 0.05) is 18.0 Å². The van der Waals surface area contributed by atoms with Crippen molar-refractivity contribution in [2.45, 2.75) is 26.8 Å². The minimum absolute atomic E-state index is 0.206. The first-order valence-electron chi connectivity index (χ1n) is 5.84. The van der Waals surface area contributed by atoms with Crippen molar-refractivity contribution in [1.29, 1.82) is 0 Å². The maximum atomic E-state index is 12.1. The Labute approximate surface area is 116 Å². The van der Waals surface area contributed by atoms with Crippen LogP contribution in [0.2, 0.25) is 5.02 Å². The van der Waals surface area contributed by atoms with E-state index in [-0.39, 0.29) is 11.9 Å². The highest BCUT2D eigenvalue weighted by molar-refractivity contribution is 6.33. The molecule has 2 aromatic heterocycles. The van der Waals surface area contributed by atoms with E-state index in [1.54, 1.807) is 6.07 Å². The van der Waals surface area contributed by atoms with Gasteiger partial charge in [0.05, 0.1) is 22.3 Å². The molecule has 2 aromatic rings. The van der Waals surface area contributed by atoms with Gasteiger partial charge >= 0.3 is 0 Å². The van der Waals surface area contributed by atoms with Crippen LogP contribution in [0, 0.1) is 13.8 Å². The van der Waals surface area contributed by atoms with E-state index < -0.39 is 0 Å². The normalized spacial score (nSPS) is 12.2. The fourth-order valence-corrected chi connectivity index (χ4v) is 2.22. The summed E-state index contributed by atoms with van der Waals surface area (Å²) in [5.41, 5.74) is 2.06. The number of carbonyl (C=O) groups excluding carboxylic acids is 1. The van der Waals surface area contributed by atoms with E-state index in [9.17, 15) is 4.79 Å². The third kappa shape index (κ3) is 2.76. The fraction of sp³-hybridized carbons (Fsp3) is 0.308. The first kappa shape index (κ1) is 13.5. The molecule has 100 valence electrons. The van der Waals surface area contributed by atoms with Gasteiger partial charge in [-0.2, -0.15) is 0 Å². The minimum atomic E-state index is -0.250. The summed E-state index contributed by atoms with van der Waals surface area (Å²) in [4.78, 5) is 16.0. The molecule has 0 saturated carbocycles. The Bertz CT molecular complexity index is 590. The standard InChI is InChI=1S/C13H14ClN3O2/c1-7(12-8(2)17-19-9(12)3)16-13(18)10-4-5-15-6-11(10)14/h4-7H,1-3H3,(H,16,18). The summed E-state index contributed by atoms with van der Waals surface area (Å²) in [6, 6.07) is 1.38. The molecule has 2 rings (SSSR count).